The first-order valence-corrected chi connectivity index (χ1v) is 6.24. The van der Waals surface area contributed by atoms with Crippen LogP contribution in [0.3, 0.4) is 0 Å². The minimum Gasteiger partial charge on any atom is -0.461 e. The molecule has 0 unspecified atom stereocenters. The van der Waals surface area contributed by atoms with Crippen LogP contribution >= 0.6 is 22.9 Å². The zero-order valence-electron chi connectivity index (χ0n) is 9.18. The molecule has 17 heavy (non-hydrogen) atoms. The van der Waals surface area contributed by atoms with Gasteiger partial charge in [-0.3, -0.25) is 0 Å². The molecule has 0 aliphatic rings. The number of rotatable bonds is 6. The predicted octanol–water partition coefficient (Wildman–Crippen LogP) is 1.25. The van der Waals surface area contributed by atoms with Crippen molar-refractivity contribution in [1.29, 1.82) is 0 Å². The molecule has 0 aliphatic carbocycles. The molecule has 0 bridgehead atoms. The third kappa shape index (κ3) is 4.20. The van der Waals surface area contributed by atoms with Gasteiger partial charge >= 0.3 is 5.97 Å². The number of alkyl halides is 1. The van der Waals surface area contributed by atoms with E-state index in [1.807, 2.05) is 0 Å². The molecule has 6 nitrogen and oxygen atoms in total. The maximum Gasteiger partial charge on any atom is 0.362 e. The number of ether oxygens (including phenoxy) is 1. The molecule has 1 aromatic rings. The predicted molar refractivity (Wildman–Crippen MR) is 66.4 cm³/mol. The fourth-order valence-corrected chi connectivity index (χ4v) is 1.55. The molecule has 0 atom stereocenters. The van der Waals surface area contributed by atoms with Gasteiger partial charge in [0.1, 0.15) is 12.3 Å². The summed E-state index contributed by atoms with van der Waals surface area (Å²) in [6.07, 6.45) is 0. The highest BCUT2D eigenvalue weighted by Crippen LogP contribution is 2.13. The number of esters is 1. The standard InChI is InChI=1S/C9H12ClN3O3S/c1-2-15-8(14)7(13-16-4-3-10)6-5-17-9(11)12-6/h5H,2-4H2,1H3,(H2,11,12). The Morgan fingerprint density at radius 3 is 3.00 bits per heavy atom. The van der Waals surface area contributed by atoms with Gasteiger partial charge in [-0.05, 0) is 6.92 Å². The van der Waals surface area contributed by atoms with E-state index in [4.69, 9.17) is 26.9 Å². The summed E-state index contributed by atoms with van der Waals surface area (Å²) in [4.78, 5) is 20.4. The van der Waals surface area contributed by atoms with E-state index in [1.54, 1.807) is 12.3 Å². The largest absolute Gasteiger partial charge is 0.461 e. The second kappa shape index (κ2) is 7.08. The number of nitrogen functional groups attached to an aromatic ring is 1. The number of oxime groups is 1. The number of nitrogens with zero attached hydrogens (tertiary/aromatic N) is 2. The van der Waals surface area contributed by atoms with E-state index in [0.717, 1.165) is 0 Å². The van der Waals surface area contributed by atoms with Crippen molar-refractivity contribution >= 4 is 39.8 Å². The summed E-state index contributed by atoms with van der Waals surface area (Å²) in [5.74, 6) is -0.328. The zero-order valence-corrected chi connectivity index (χ0v) is 10.8. The number of thiazole rings is 1. The van der Waals surface area contributed by atoms with Crippen molar-refractivity contribution in [3.05, 3.63) is 11.1 Å². The normalized spacial score (nSPS) is 11.3. The van der Waals surface area contributed by atoms with Crippen molar-refractivity contribution in [2.24, 2.45) is 5.16 Å². The van der Waals surface area contributed by atoms with Gasteiger partial charge in [-0.15, -0.1) is 22.9 Å². The average Bonchev–Trinajstić information content (AvgIpc) is 2.71. The van der Waals surface area contributed by atoms with Crippen LogP contribution < -0.4 is 5.73 Å². The molecule has 1 rings (SSSR count). The van der Waals surface area contributed by atoms with Crippen LogP contribution in [0.2, 0.25) is 0 Å². The van der Waals surface area contributed by atoms with Crippen LogP contribution in [0.25, 0.3) is 0 Å². The molecule has 0 aliphatic heterocycles. The zero-order chi connectivity index (χ0) is 12.7. The highest BCUT2D eigenvalue weighted by Gasteiger charge is 2.19. The molecule has 0 spiro atoms. The fraction of sp³-hybridized carbons (Fsp3) is 0.444. The summed E-state index contributed by atoms with van der Waals surface area (Å²) < 4.78 is 4.84. The van der Waals surface area contributed by atoms with Crippen LogP contribution in [-0.2, 0) is 14.4 Å². The molecule has 0 saturated carbocycles. The Hall–Kier alpha value is -1.34. The lowest BCUT2D eigenvalue weighted by molar-refractivity contribution is -0.135. The van der Waals surface area contributed by atoms with Crippen LogP contribution in [0.15, 0.2) is 10.5 Å². The van der Waals surface area contributed by atoms with Crippen LogP contribution in [-0.4, -0.2) is 35.8 Å². The first-order valence-electron chi connectivity index (χ1n) is 4.83. The van der Waals surface area contributed by atoms with Gasteiger partial charge in [0.05, 0.1) is 12.5 Å². The Morgan fingerprint density at radius 1 is 1.71 bits per heavy atom. The molecular formula is C9H12ClN3O3S. The van der Waals surface area contributed by atoms with E-state index in [-0.39, 0.29) is 24.8 Å². The van der Waals surface area contributed by atoms with Gasteiger partial charge in [-0.1, -0.05) is 5.16 Å². The third-order valence-corrected chi connectivity index (χ3v) is 2.39. The van der Waals surface area contributed by atoms with Crippen LogP contribution in [0, 0.1) is 0 Å². The second-order valence-electron chi connectivity index (χ2n) is 2.75. The van der Waals surface area contributed by atoms with E-state index in [0.29, 0.717) is 10.8 Å². The lowest BCUT2D eigenvalue weighted by Gasteiger charge is -2.03. The molecule has 0 fully saturated rings. The molecule has 94 valence electrons. The Bertz CT molecular complexity index is 408. The van der Waals surface area contributed by atoms with Crippen LogP contribution in [0.4, 0.5) is 5.13 Å². The van der Waals surface area contributed by atoms with Gasteiger partial charge in [0.15, 0.2) is 5.13 Å². The Balaban J connectivity index is 2.86. The summed E-state index contributed by atoms with van der Waals surface area (Å²) in [7, 11) is 0. The molecule has 8 heteroatoms. The van der Waals surface area contributed by atoms with Gasteiger partial charge in [-0.25, -0.2) is 9.78 Å². The lowest BCUT2D eigenvalue weighted by Crippen LogP contribution is -2.20. The molecular weight excluding hydrogens is 266 g/mol. The number of hydrogen-bond donors (Lipinski definition) is 1. The number of carbonyl (C=O) groups excluding carboxylic acids is 1. The van der Waals surface area contributed by atoms with Gasteiger partial charge in [0.25, 0.3) is 0 Å². The van der Waals surface area contributed by atoms with Gasteiger partial charge < -0.3 is 15.3 Å². The SMILES string of the molecule is CCOC(=O)C(=NOCCCl)c1csc(N)n1. The van der Waals surface area contributed by atoms with Crippen molar-refractivity contribution in [3.8, 4) is 0 Å². The molecule has 1 heterocycles. The molecule has 0 saturated heterocycles. The van der Waals surface area contributed by atoms with Gasteiger partial charge in [-0.2, -0.15) is 0 Å². The lowest BCUT2D eigenvalue weighted by atomic mass is 10.3. The molecule has 1 aromatic heterocycles. The van der Waals surface area contributed by atoms with E-state index >= 15 is 0 Å². The van der Waals surface area contributed by atoms with Crippen molar-refractivity contribution in [2.75, 3.05) is 24.8 Å². The maximum atomic E-state index is 11.6. The monoisotopic (exact) mass is 277 g/mol. The third-order valence-electron chi connectivity index (χ3n) is 1.56. The molecule has 0 radical (unpaired) electrons. The number of halogens is 1. The summed E-state index contributed by atoms with van der Waals surface area (Å²) in [6, 6.07) is 0. The van der Waals surface area contributed by atoms with Crippen LogP contribution in [0.5, 0.6) is 0 Å². The first kappa shape index (κ1) is 13.7. The number of nitrogens with two attached hydrogens (primary N) is 1. The number of carbonyl (C=O) groups is 1. The van der Waals surface area contributed by atoms with E-state index in [1.165, 1.54) is 11.3 Å². The molecule has 2 N–H and O–H groups in total. The highest BCUT2D eigenvalue weighted by atomic mass is 35.5. The number of aromatic nitrogens is 1. The minimum absolute atomic E-state index is 0.00934. The van der Waals surface area contributed by atoms with E-state index < -0.39 is 5.97 Å². The molecule has 0 aromatic carbocycles. The quantitative estimate of drug-likeness (QED) is 0.278. The van der Waals surface area contributed by atoms with Gasteiger partial charge in [0.2, 0.25) is 5.71 Å². The average molecular weight is 278 g/mol. The van der Waals surface area contributed by atoms with Crippen molar-refractivity contribution < 1.29 is 14.4 Å². The van der Waals surface area contributed by atoms with Crippen molar-refractivity contribution in [1.82, 2.24) is 4.98 Å². The summed E-state index contributed by atoms with van der Waals surface area (Å²) in [6.45, 7) is 2.14. The van der Waals surface area contributed by atoms with Gasteiger partial charge in [0, 0.05) is 5.38 Å². The topological polar surface area (TPSA) is 86.8 Å². The van der Waals surface area contributed by atoms with E-state index in [9.17, 15) is 4.79 Å². The minimum atomic E-state index is -0.604. The Labute approximate surface area is 107 Å². The first-order chi connectivity index (χ1) is 8.19. The Morgan fingerprint density at radius 2 is 2.47 bits per heavy atom. The number of hydrogen-bond acceptors (Lipinski definition) is 7. The number of anilines is 1. The highest BCUT2D eigenvalue weighted by molar-refractivity contribution is 7.13. The maximum absolute atomic E-state index is 11.6. The fourth-order valence-electron chi connectivity index (χ4n) is 0.929. The second-order valence-corrected chi connectivity index (χ2v) is 4.02. The smallest absolute Gasteiger partial charge is 0.362 e. The van der Waals surface area contributed by atoms with Crippen LogP contribution in [0.1, 0.15) is 12.6 Å². The van der Waals surface area contributed by atoms with E-state index in [2.05, 4.69) is 10.1 Å². The molecule has 0 amide bonds. The van der Waals surface area contributed by atoms with Crippen molar-refractivity contribution in [3.63, 3.8) is 0 Å². The van der Waals surface area contributed by atoms with Crippen molar-refractivity contribution in [2.45, 2.75) is 6.92 Å². The Kier molecular flexibility index (Phi) is 5.71. The summed E-state index contributed by atoms with van der Waals surface area (Å²) in [5.41, 5.74) is 5.81. The summed E-state index contributed by atoms with van der Waals surface area (Å²) >= 11 is 6.64. The summed E-state index contributed by atoms with van der Waals surface area (Å²) in [5, 5.41) is 5.61.